The van der Waals surface area contributed by atoms with Gasteiger partial charge < -0.3 is 24.4 Å². The highest BCUT2D eigenvalue weighted by atomic mass is 16.5. The van der Waals surface area contributed by atoms with Crippen LogP contribution in [-0.2, 0) is 9.59 Å². The zero-order valence-corrected chi connectivity index (χ0v) is 19.8. The van der Waals surface area contributed by atoms with Crippen LogP contribution in [-0.4, -0.2) is 69.1 Å². The van der Waals surface area contributed by atoms with Gasteiger partial charge in [-0.15, -0.1) is 0 Å². The van der Waals surface area contributed by atoms with Crippen molar-refractivity contribution in [3.05, 3.63) is 48.0 Å². The Morgan fingerprint density at radius 1 is 1.03 bits per heavy atom. The number of hydrogen-bond donors (Lipinski definition) is 1. The molecule has 0 bridgehead atoms. The summed E-state index contributed by atoms with van der Waals surface area (Å²) in [6.45, 7) is 3.50. The van der Waals surface area contributed by atoms with Crippen LogP contribution in [0.3, 0.4) is 0 Å². The lowest BCUT2D eigenvalue weighted by molar-refractivity contribution is -0.133. The molecule has 33 heavy (non-hydrogen) atoms. The summed E-state index contributed by atoms with van der Waals surface area (Å²) < 4.78 is 16.1. The fraction of sp³-hybridized carbons (Fsp3) is 0.440. The highest BCUT2D eigenvalue weighted by Crippen LogP contribution is 2.39. The molecule has 0 aromatic heterocycles. The number of methoxy groups -OCH3 is 3. The van der Waals surface area contributed by atoms with E-state index in [0.29, 0.717) is 24.5 Å². The number of rotatable bonds is 10. The summed E-state index contributed by atoms with van der Waals surface area (Å²) in [4.78, 5) is 29.5. The molecule has 1 unspecified atom stereocenters. The Morgan fingerprint density at radius 2 is 1.79 bits per heavy atom. The summed E-state index contributed by atoms with van der Waals surface area (Å²) in [6.07, 6.45) is 1.77. The molecule has 1 aliphatic rings. The first-order valence-corrected chi connectivity index (χ1v) is 11.2. The van der Waals surface area contributed by atoms with Gasteiger partial charge in [-0.1, -0.05) is 13.0 Å². The standard InChI is InChI=1S/C25H33N3O5/c1-5-27(16-24(29)26-18-8-6-9-19(14-18)31-2)17-25(30)28-13-7-10-22(28)21-15-20(32-3)11-12-23(21)33-4/h6,8-9,11-12,14-15,22H,5,7,10,13,16-17H2,1-4H3,(H,26,29). The first-order valence-electron chi connectivity index (χ1n) is 11.2. The molecule has 0 spiro atoms. The fourth-order valence-corrected chi connectivity index (χ4v) is 4.15. The normalized spacial score (nSPS) is 15.4. The van der Waals surface area contributed by atoms with E-state index in [2.05, 4.69) is 5.32 Å². The topological polar surface area (TPSA) is 80.3 Å². The van der Waals surface area contributed by atoms with Gasteiger partial charge >= 0.3 is 0 Å². The third-order valence-electron chi connectivity index (χ3n) is 5.90. The van der Waals surface area contributed by atoms with E-state index in [1.807, 2.05) is 47.1 Å². The van der Waals surface area contributed by atoms with Gasteiger partial charge in [0.2, 0.25) is 11.8 Å². The second-order valence-electron chi connectivity index (χ2n) is 7.94. The van der Waals surface area contributed by atoms with Crippen molar-refractivity contribution in [3.63, 3.8) is 0 Å². The molecule has 2 aromatic carbocycles. The van der Waals surface area contributed by atoms with E-state index >= 15 is 0 Å². The number of carbonyl (C=O) groups excluding carboxylic acids is 2. The SMILES string of the molecule is CCN(CC(=O)Nc1cccc(OC)c1)CC(=O)N1CCCC1c1cc(OC)ccc1OC. The van der Waals surface area contributed by atoms with E-state index in [4.69, 9.17) is 14.2 Å². The first-order chi connectivity index (χ1) is 16.0. The van der Waals surface area contributed by atoms with E-state index in [1.165, 1.54) is 0 Å². The maximum atomic E-state index is 13.2. The second kappa shape index (κ2) is 11.6. The maximum Gasteiger partial charge on any atom is 0.238 e. The van der Waals surface area contributed by atoms with Gasteiger partial charge in [0.15, 0.2) is 0 Å². The molecule has 8 nitrogen and oxygen atoms in total. The number of likely N-dealkylation sites (tertiary alicyclic amines) is 1. The van der Waals surface area contributed by atoms with Crippen molar-refractivity contribution in [2.75, 3.05) is 52.8 Å². The van der Waals surface area contributed by atoms with Crippen LogP contribution in [0.4, 0.5) is 5.69 Å². The molecule has 0 radical (unpaired) electrons. The molecule has 1 heterocycles. The molecule has 178 valence electrons. The molecule has 2 aromatic rings. The number of ether oxygens (including phenoxy) is 3. The summed E-state index contributed by atoms with van der Waals surface area (Å²) in [5.74, 6) is 1.96. The van der Waals surface area contributed by atoms with Crippen LogP contribution in [0.5, 0.6) is 17.2 Å². The number of anilines is 1. The molecule has 0 saturated carbocycles. The van der Waals surface area contributed by atoms with Crippen molar-refractivity contribution in [1.82, 2.24) is 9.80 Å². The number of amides is 2. The summed E-state index contributed by atoms with van der Waals surface area (Å²) in [5.41, 5.74) is 1.60. The molecule has 3 rings (SSSR count). The van der Waals surface area contributed by atoms with Gasteiger partial charge in [0, 0.05) is 23.9 Å². The van der Waals surface area contributed by atoms with Gasteiger partial charge in [-0.3, -0.25) is 14.5 Å². The van der Waals surface area contributed by atoms with Gasteiger partial charge in [-0.25, -0.2) is 0 Å². The highest BCUT2D eigenvalue weighted by Gasteiger charge is 2.32. The summed E-state index contributed by atoms with van der Waals surface area (Å²) >= 11 is 0. The minimum absolute atomic E-state index is 0.00148. The average Bonchev–Trinajstić information content (AvgIpc) is 3.33. The van der Waals surface area contributed by atoms with Crippen molar-refractivity contribution in [2.45, 2.75) is 25.8 Å². The molecule has 1 N–H and O–H groups in total. The molecule has 1 aliphatic heterocycles. The van der Waals surface area contributed by atoms with E-state index in [-0.39, 0.29) is 30.9 Å². The van der Waals surface area contributed by atoms with Gasteiger partial charge in [0.25, 0.3) is 0 Å². The quantitative estimate of drug-likeness (QED) is 0.592. The van der Waals surface area contributed by atoms with Crippen LogP contribution in [0.15, 0.2) is 42.5 Å². The molecular formula is C25H33N3O5. The minimum atomic E-state index is -0.176. The van der Waals surface area contributed by atoms with Crippen LogP contribution >= 0.6 is 0 Å². The fourth-order valence-electron chi connectivity index (χ4n) is 4.15. The smallest absolute Gasteiger partial charge is 0.238 e. The van der Waals surface area contributed by atoms with Gasteiger partial charge in [-0.05, 0) is 49.7 Å². The summed E-state index contributed by atoms with van der Waals surface area (Å²) in [6, 6.07) is 12.8. The largest absolute Gasteiger partial charge is 0.497 e. The molecule has 0 aliphatic carbocycles. The van der Waals surface area contributed by atoms with Crippen LogP contribution in [0.2, 0.25) is 0 Å². The molecule has 1 fully saturated rings. The maximum absolute atomic E-state index is 13.2. The lowest BCUT2D eigenvalue weighted by Gasteiger charge is -2.29. The molecule has 8 heteroatoms. The Balaban J connectivity index is 1.65. The van der Waals surface area contributed by atoms with Crippen molar-refractivity contribution >= 4 is 17.5 Å². The molecule has 2 amide bonds. The first kappa shape index (κ1) is 24.4. The predicted molar refractivity (Wildman–Crippen MR) is 127 cm³/mol. The zero-order chi connectivity index (χ0) is 23.8. The monoisotopic (exact) mass is 455 g/mol. The Bertz CT molecular complexity index is 965. The number of nitrogens with zero attached hydrogens (tertiary/aromatic N) is 2. The summed E-state index contributed by atoms with van der Waals surface area (Å²) in [5, 5.41) is 2.87. The molecule has 1 atom stereocenters. The highest BCUT2D eigenvalue weighted by molar-refractivity contribution is 5.92. The van der Waals surface area contributed by atoms with Crippen LogP contribution in [0.25, 0.3) is 0 Å². The number of likely N-dealkylation sites (N-methyl/N-ethyl adjacent to an activating group) is 1. The number of carbonyl (C=O) groups is 2. The average molecular weight is 456 g/mol. The minimum Gasteiger partial charge on any atom is -0.497 e. The summed E-state index contributed by atoms with van der Waals surface area (Å²) in [7, 11) is 4.84. The van der Waals surface area contributed by atoms with Crippen molar-refractivity contribution < 1.29 is 23.8 Å². The lowest BCUT2D eigenvalue weighted by atomic mass is 10.0. The predicted octanol–water partition coefficient (Wildman–Crippen LogP) is 3.34. The van der Waals surface area contributed by atoms with Gasteiger partial charge in [0.1, 0.15) is 17.2 Å². The van der Waals surface area contributed by atoms with Crippen molar-refractivity contribution in [2.24, 2.45) is 0 Å². The van der Waals surface area contributed by atoms with Crippen molar-refractivity contribution in [1.29, 1.82) is 0 Å². The Morgan fingerprint density at radius 3 is 2.48 bits per heavy atom. The Labute approximate surface area is 195 Å². The van der Waals surface area contributed by atoms with E-state index in [1.54, 1.807) is 33.5 Å². The zero-order valence-electron chi connectivity index (χ0n) is 19.8. The number of benzene rings is 2. The molecular weight excluding hydrogens is 422 g/mol. The van der Waals surface area contributed by atoms with Crippen LogP contribution in [0, 0.1) is 0 Å². The van der Waals surface area contributed by atoms with Gasteiger partial charge in [-0.2, -0.15) is 0 Å². The second-order valence-corrected chi connectivity index (χ2v) is 7.94. The lowest BCUT2D eigenvalue weighted by Crippen LogP contribution is -2.42. The number of nitrogens with one attached hydrogen (secondary N) is 1. The Kier molecular flexibility index (Phi) is 8.54. The third kappa shape index (κ3) is 6.16. The van der Waals surface area contributed by atoms with Crippen LogP contribution < -0.4 is 19.5 Å². The molecule has 1 saturated heterocycles. The van der Waals surface area contributed by atoms with E-state index in [9.17, 15) is 9.59 Å². The third-order valence-corrected chi connectivity index (χ3v) is 5.90. The van der Waals surface area contributed by atoms with Crippen molar-refractivity contribution in [3.8, 4) is 17.2 Å². The Hall–Kier alpha value is -3.26. The van der Waals surface area contributed by atoms with Gasteiger partial charge in [0.05, 0.1) is 40.5 Å². The number of hydrogen-bond acceptors (Lipinski definition) is 6. The van der Waals surface area contributed by atoms with E-state index < -0.39 is 0 Å². The van der Waals surface area contributed by atoms with Crippen LogP contribution in [0.1, 0.15) is 31.4 Å². The van der Waals surface area contributed by atoms with E-state index in [0.717, 1.165) is 29.9 Å².